The second-order valence-corrected chi connectivity index (χ2v) is 9.30. The highest BCUT2D eigenvalue weighted by Gasteiger charge is 2.34. The van der Waals surface area contributed by atoms with Crippen molar-refractivity contribution in [3.63, 3.8) is 0 Å². The predicted molar refractivity (Wildman–Crippen MR) is 121 cm³/mol. The molecule has 5 nitrogen and oxygen atoms in total. The Morgan fingerprint density at radius 3 is 2.74 bits per heavy atom. The van der Waals surface area contributed by atoms with E-state index in [1.807, 2.05) is 44.0 Å². The van der Waals surface area contributed by atoms with Gasteiger partial charge >= 0.3 is 0 Å². The standard InChI is InChI=1S/C24H31FN2O3S/c1-5-17(4)27(24(29)16(2)3)14-23(28)26-11-9-22-20(10-12-31-22)21(26)15-30-19-8-6-7-18(25)13-19/h6-8,10,12-13,16-17,21H,5,9,11,14-15H2,1-4H3/t17-,21-/m1/s1. The van der Waals surface area contributed by atoms with Gasteiger partial charge in [-0.2, -0.15) is 0 Å². The average molecular weight is 447 g/mol. The number of thiophene rings is 1. The van der Waals surface area contributed by atoms with Gasteiger partial charge in [0, 0.05) is 29.4 Å². The average Bonchev–Trinajstić information content (AvgIpc) is 3.23. The summed E-state index contributed by atoms with van der Waals surface area (Å²) in [4.78, 5) is 30.9. The van der Waals surface area contributed by atoms with Crippen molar-refractivity contribution < 1.29 is 18.7 Å². The largest absolute Gasteiger partial charge is 0.491 e. The maximum Gasteiger partial charge on any atom is 0.242 e. The highest BCUT2D eigenvalue weighted by atomic mass is 32.1. The van der Waals surface area contributed by atoms with Gasteiger partial charge in [0.05, 0.1) is 6.04 Å². The van der Waals surface area contributed by atoms with Crippen LogP contribution in [0.3, 0.4) is 0 Å². The Hall–Kier alpha value is -2.41. The molecule has 1 aromatic heterocycles. The minimum atomic E-state index is -0.360. The van der Waals surface area contributed by atoms with Gasteiger partial charge in [-0.3, -0.25) is 9.59 Å². The minimum absolute atomic E-state index is 0.0107. The van der Waals surface area contributed by atoms with Crippen molar-refractivity contribution in [1.82, 2.24) is 9.80 Å². The SMILES string of the molecule is CC[C@@H](C)N(CC(=O)N1CCc2sccc2[C@H]1COc1cccc(F)c1)C(=O)C(C)C. The number of hydrogen-bond acceptors (Lipinski definition) is 4. The first-order valence-electron chi connectivity index (χ1n) is 10.9. The quantitative estimate of drug-likeness (QED) is 0.592. The molecule has 0 spiro atoms. The molecule has 2 amide bonds. The number of carbonyl (C=O) groups excluding carboxylic acids is 2. The molecule has 31 heavy (non-hydrogen) atoms. The Balaban J connectivity index is 1.80. The smallest absolute Gasteiger partial charge is 0.242 e. The van der Waals surface area contributed by atoms with E-state index in [0.717, 1.165) is 18.4 Å². The van der Waals surface area contributed by atoms with Crippen molar-refractivity contribution >= 4 is 23.2 Å². The molecule has 0 aliphatic carbocycles. The van der Waals surface area contributed by atoms with Gasteiger partial charge in [0.1, 0.15) is 24.7 Å². The van der Waals surface area contributed by atoms with E-state index in [2.05, 4.69) is 0 Å². The number of hydrogen-bond donors (Lipinski definition) is 0. The lowest BCUT2D eigenvalue weighted by Crippen LogP contribution is -2.50. The molecule has 0 N–H and O–H groups in total. The molecule has 168 valence electrons. The van der Waals surface area contributed by atoms with Gasteiger partial charge < -0.3 is 14.5 Å². The van der Waals surface area contributed by atoms with Crippen molar-refractivity contribution in [1.29, 1.82) is 0 Å². The number of amides is 2. The molecule has 7 heteroatoms. The lowest BCUT2D eigenvalue weighted by atomic mass is 10.00. The Labute approximate surface area is 187 Å². The van der Waals surface area contributed by atoms with Gasteiger partial charge in [0.2, 0.25) is 11.8 Å². The van der Waals surface area contributed by atoms with E-state index >= 15 is 0 Å². The molecular formula is C24H31FN2O3S. The highest BCUT2D eigenvalue weighted by molar-refractivity contribution is 7.10. The molecule has 1 aliphatic heterocycles. The second-order valence-electron chi connectivity index (χ2n) is 8.30. The Kier molecular flexibility index (Phi) is 7.70. The van der Waals surface area contributed by atoms with Crippen LogP contribution in [-0.2, 0) is 16.0 Å². The summed E-state index contributed by atoms with van der Waals surface area (Å²) in [5.41, 5.74) is 1.08. The van der Waals surface area contributed by atoms with E-state index in [-0.39, 0.29) is 48.8 Å². The van der Waals surface area contributed by atoms with Crippen LogP contribution in [0.5, 0.6) is 5.75 Å². The first-order valence-corrected chi connectivity index (χ1v) is 11.7. The fraction of sp³-hybridized carbons (Fsp3) is 0.500. The highest BCUT2D eigenvalue weighted by Crippen LogP contribution is 2.34. The third-order valence-electron chi connectivity index (χ3n) is 5.82. The van der Waals surface area contributed by atoms with E-state index in [9.17, 15) is 14.0 Å². The summed E-state index contributed by atoms with van der Waals surface area (Å²) in [6.45, 7) is 8.58. The van der Waals surface area contributed by atoms with E-state index in [1.165, 1.54) is 17.0 Å². The van der Waals surface area contributed by atoms with Gasteiger partial charge in [-0.05, 0) is 48.9 Å². The Morgan fingerprint density at radius 1 is 1.29 bits per heavy atom. The molecule has 0 fully saturated rings. The van der Waals surface area contributed by atoms with Crippen LogP contribution < -0.4 is 4.74 Å². The first-order chi connectivity index (χ1) is 14.8. The molecule has 0 radical (unpaired) electrons. The number of benzene rings is 1. The molecule has 3 rings (SSSR count). The van der Waals surface area contributed by atoms with E-state index in [1.54, 1.807) is 28.4 Å². The molecule has 2 atom stereocenters. The van der Waals surface area contributed by atoms with Crippen LogP contribution in [0.25, 0.3) is 0 Å². The number of carbonyl (C=O) groups is 2. The molecule has 0 unspecified atom stereocenters. The van der Waals surface area contributed by atoms with E-state index in [4.69, 9.17) is 4.74 Å². The van der Waals surface area contributed by atoms with E-state index in [0.29, 0.717) is 12.3 Å². The zero-order chi connectivity index (χ0) is 22.5. The summed E-state index contributed by atoms with van der Waals surface area (Å²) in [7, 11) is 0. The second kappa shape index (κ2) is 10.3. The monoisotopic (exact) mass is 446 g/mol. The van der Waals surface area contributed by atoms with Crippen LogP contribution in [-0.4, -0.2) is 47.4 Å². The summed E-state index contributed by atoms with van der Waals surface area (Å²) in [6, 6.07) is 7.78. The third-order valence-corrected chi connectivity index (χ3v) is 6.82. The van der Waals surface area contributed by atoms with Gasteiger partial charge in [0.15, 0.2) is 0 Å². The maximum absolute atomic E-state index is 13.5. The summed E-state index contributed by atoms with van der Waals surface area (Å²) >= 11 is 1.68. The van der Waals surface area contributed by atoms with E-state index < -0.39 is 0 Å². The Morgan fingerprint density at radius 2 is 2.06 bits per heavy atom. The molecule has 2 aromatic rings. The lowest BCUT2D eigenvalue weighted by Gasteiger charge is -2.38. The van der Waals surface area contributed by atoms with Gasteiger partial charge in [-0.1, -0.05) is 26.8 Å². The number of halogens is 1. The number of ether oxygens (including phenoxy) is 1. The van der Waals surface area contributed by atoms with Crippen LogP contribution in [0, 0.1) is 11.7 Å². The topological polar surface area (TPSA) is 49.9 Å². The molecule has 0 bridgehead atoms. The molecule has 2 heterocycles. The zero-order valence-electron chi connectivity index (χ0n) is 18.6. The van der Waals surface area contributed by atoms with Crippen molar-refractivity contribution in [3.8, 4) is 5.75 Å². The fourth-order valence-corrected chi connectivity index (χ4v) is 4.77. The van der Waals surface area contributed by atoms with Gasteiger partial charge in [-0.25, -0.2) is 4.39 Å². The molecular weight excluding hydrogens is 415 g/mol. The van der Waals surface area contributed by atoms with Crippen molar-refractivity contribution in [2.45, 2.75) is 52.6 Å². The summed E-state index contributed by atoms with van der Waals surface area (Å²) in [5, 5.41) is 2.03. The normalized spacial score (nSPS) is 16.7. The summed E-state index contributed by atoms with van der Waals surface area (Å²) in [6.07, 6.45) is 1.57. The van der Waals surface area contributed by atoms with Gasteiger partial charge in [0.25, 0.3) is 0 Å². The van der Waals surface area contributed by atoms with Crippen molar-refractivity contribution in [2.24, 2.45) is 5.92 Å². The van der Waals surface area contributed by atoms with Crippen LogP contribution in [0.2, 0.25) is 0 Å². The van der Waals surface area contributed by atoms with Gasteiger partial charge in [-0.15, -0.1) is 11.3 Å². The minimum Gasteiger partial charge on any atom is -0.491 e. The lowest BCUT2D eigenvalue weighted by molar-refractivity contribution is -0.146. The van der Waals surface area contributed by atoms with Crippen molar-refractivity contribution in [3.05, 3.63) is 52.0 Å². The predicted octanol–water partition coefficient (Wildman–Crippen LogP) is 4.68. The molecule has 1 aliphatic rings. The summed E-state index contributed by atoms with van der Waals surface area (Å²) < 4.78 is 19.4. The molecule has 1 aromatic carbocycles. The molecule has 0 saturated carbocycles. The van der Waals surface area contributed by atoms with Crippen LogP contribution >= 0.6 is 11.3 Å². The first kappa shape index (κ1) is 23.3. The molecule has 0 saturated heterocycles. The van der Waals surface area contributed by atoms with Crippen LogP contribution in [0.1, 0.15) is 50.6 Å². The number of rotatable bonds is 8. The third kappa shape index (κ3) is 5.45. The van der Waals surface area contributed by atoms with Crippen LogP contribution in [0.4, 0.5) is 4.39 Å². The Bertz CT molecular complexity index is 914. The van der Waals surface area contributed by atoms with Crippen molar-refractivity contribution in [2.75, 3.05) is 19.7 Å². The fourth-order valence-electron chi connectivity index (χ4n) is 3.85. The number of nitrogens with zero attached hydrogens (tertiary/aromatic N) is 2. The van der Waals surface area contributed by atoms with Crippen LogP contribution in [0.15, 0.2) is 35.7 Å². The number of fused-ring (bicyclic) bond motifs is 1. The maximum atomic E-state index is 13.5. The zero-order valence-corrected chi connectivity index (χ0v) is 19.5. The summed E-state index contributed by atoms with van der Waals surface area (Å²) in [5.74, 6) is -0.186.